The molecule has 0 spiro atoms. The van der Waals surface area contributed by atoms with Gasteiger partial charge in [-0.2, -0.15) is 0 Å². The lowest BCUT2D eigenvalue weighted by Crippen LogP contribution is -3.00. The van der Waals surface area contributed by atoms with Crippen molar-refractivity contribution in [2.24, 2.45) is 0 Å². The van der Waals surface area contributed by atoms with Gasteiger partial charge in [0.2, 0.25) is 0 Å². The first-order chi connectivity index (χ1) is 9.78. The molecule has 0 unspecified atom stereocenters. The molecule has 22 heavy (non-hydrogen) atoms. The van der Waals surface area contributed by atoms with Gasteiger partial charge in [0, 0.05) is 52.1 Å². The van der Waals surface area contributed by atoms with Crippen LogP contribution >= 0.6 is 0 Å². The van der Waals surface area contributed by atoms with Gasteiger partial charge in [0.1, 0.15) is 0 Å². The van der Waals surface area contributed by atoms with Crippen molar-refractivity contribution in [3.05, 3.63) is 0 Å². The van der Waals surface area contributed by atoms with E-state index in [0.29, 0.717) is 0 Å². The Kier molecular flexibility index (Phi) is 6.77. The van der Waals surface area contributed by atoms with Gasteiger partial charge >= 0.3 is 0 Å². The lowest BCUT2D eigenvalue weighted by molar-refractivity contribution is -0.946. The zero-order valence-corrected chi connectivity index (χ0v) is 17.0. The molecule has 6 rings (SSSR count). The number of fused-ring (bicyclic) bond motifs is 6. The molecule has 6 heterocycles. The largest absolute Gasteiger partial charge is 1.00 e. The fraction of sp³-hybridized carbons (Fsp3) is 1.00. The van der Waals surface area contributed by atoms with E-state index >= 15 is 0 Å². The summed E-state index contributed by atoms with van der Waals surface area (Å²) in [5.74, 6) is 0. The molecule has 0 atom stereocenters. The molecule has 0 radical (unpaired) electrons. The molecule has 130 valence electrons. The van der Waals surface area contributed by atoms with Gasteiger partial charge in [0.25, 0.3) is 0 Å². The van der Waals surface area contributed by atoms with Crippen molar-refractivity contribution in [3.8, 4) is 0 Å². The van der Waals surface area contributed by atoms with Crippen molar-refractivity contribution < 1.29 is 42.9 Å². The van der Waals surface area contributed by atoms with E-state index in [1.165, 1.54) is 113 Å². The van der Waals surface area contributed by atoms with Crippen molar-refractivity contribution >= 4 is 0 Å². The van der Waals surface area contributed by atoms with E-state index in [0.717, 1.165) is 0 Å². The molecule has 6 aliphatic heterocycles. The number of unbranched alkanes of at least 4 members (excludes halogenated alkanes) is 1. The van der Waals surface area contributed by atoms with Gasteiger partial charge in [-0.1, -0.05) is 0 Å². The minimum absolute atomic E-state index is 0. The standard InChI is InChI=1S/C16H32N4.2BrH/c1(9-19-11-3-17(4-12-19)5-13-19)2-10-20-14-6-18(7-15-20)8-16-20;;/h1-16H2;2*1H/q+2;;/p-2. The van der Waals surface area contributed by atoms with Crippen LogP contribution in [0.5, 0.6) is 0 Å². The summed E-state index contributed by atoms with van der Waals surface area (Å²) in [7, 11) is 0. The summed E-state index contributed by atoms with van der Waals surface area (Å²) in [5.41, 5.74) is 0. The summed E-state index contributed by atoms with van der Waals surface area (Å²) in [6.45, 7) is 19.8. The Bertz CT molecular complexity index is 289. The Balaban J connectivity index is 0.000000882. The van der Waals surface area contributed by atoms with Crippen molar-refractivity contribution in [2.45, 2.75) is 12.8 Å². The Labute approximate surface area is 157 Å². The van der Waals surface area contributed by atoms with Crippen LogP contribution in [-0.4, -0.2) is 110 Å². The minimum atomic E-state index is 0. The summed E-state index contributed by atoms with van der Waals surface area (Å²) in [6.07, 6.45) is 2.95. The second-order valence-electron chi connectivity index (χ2n) is 7.86. The number of halogens is 2. The molecule has 4 nitrogen and oxygen atoms in total. The molecule has 6 fully saturated rings. The van der Waals surface area contributed by atoms with Gasteiger partial charge in [-0.25, -0.2) is 0 Å². The van der Waals surface area contributed by atoms with Crippen molar-refractivity contribution in [1.82, 2.24) is 9.80 Å². The van der Waals surface area contributed by atoms with E-state index in [9.17, 15) is 0 Å². The van der Waals surface area contributed by atoms with Gasteiger partial charge in [-0.15, -0.1) is 0 Å². The SMILES string of the molecule is C(CC[N+]12CCN(CC1)CC2)C[N+]12CCN(CC1)CC2.[Br-].[Br-]. The van der Waals surface area contributed by atoms with Gasteiger partial charge in [0.05, 0.1) is 52.4 Å². The van der Waals surface area contributed by atoms with E-state index in [4.69, 9.17) is 0 Å². The maximum atomic E-state index is 2.66. The summed E-state index contributed by atoms with van der Waals surface area (Å²) >= 11 is 0. The molecule has 0 aromatic heterocycles. The van der Waals surface area contributed by atoms with E-state index in [2.05, 4.69) is 9.80 Å². The van der Waals surface area contributed by atoms with E-state index in [-0.39, 0.29) is 34.0 Å². The van der Waals surface area contributed by atoms with Crippen LogP contribution in [0.1, 0.15) is 12.8 Å². The number of nitrogens with zero attached hydrogens (tertiary/aromatic N) is 4. The third-order valence-electron chi connectivity index (χ3n) is 6.86. The number of piperazine rings is 6. The smallest absolute Gasteiger partial charge is 0.0916 e. The van der Waals surface area contributed by atoms with Crippen LogP contribution in [0, 0.1) is 0 Å². The second-order valence-corrected chi connectivity index (χ2v) is 7.86. The lowest BCUT2D eigenvalue weighted by Gasteiger charge is -2.51. The van der Waals surface area contributed by atoms with Crippen LogP contribution in [0.15, 0.2) is 0 Å². The fourth-order valence-corrected chi connectivity index (χ4v) is 5.03. The highest BCUT2D eigenvalue weighted by Gasteiger charge is 2.39. The van der Waals surface area contributed by atoms with Crippen LogP contribution in [0.25, 0.3) is 0 Å². The molecule has 0 aromatic carbocycles. The average molecular weight is 440 g/mol. The molecule has 6 heteroatoms. The molecule has 4 bridgehead atoms. The third-order valence-corrected chi connectivity index (χ3v) is 6.86. The van der Waals surface area contributed by atoms with Gasteiger partial charge in [-0.05, 0) is 0 Å². The molecular formula is C16H32Br2N4. The zero-order chi connectivity index (χ0) is 13.5. The predicted molar refractivity (Wildman–Crippen MR) is 81.6 cm³/mol. The second kappa shape index (κ2) is 7.79. The van der Waals surface area contributed by atoms with Crippen molar-refractivity contribution in [3.63, 3.8) is 0 Å². The predicted octanol–water partition coefficient (Wildman–Crippen LogP) is -5.93. The Morgan fingerprint density at radius 1 is 0.500 bits per heavy atom. The summed E-state index contributed by atoms with van der Waals surface area (Å²) in [5, 5.41) is 0. The molecule has 0 amide bonds. The van der Waals surface area contributed by atoms with Crippen LogP contribution in [0.3, 0.4) is 0 Å². The van der Waals surface area contributed by atoms with E-state index in [1.807, 2.05) is 0 Å². The molecule has 6 aliphatic rings. The van der Waals surface area contributed by atoms with Gasteiger partial charge in [0.15, 0.2) is 0 Å². The zero-order valence-electron chi connectivity index (χ0n) is 13.9. The highest BCUT2D eigenvalue weighted by molar-refractivity contribution is 4.72. The van der Waals surface area contributed by atoms with Crippen LogP contribution in [0.4, 0.5) is 0 Å². The number of hydrogen-bond acceptors (Lipinski definition) is 2. The summed E-state index contributed by atoms with van der Waals surface area (Å²) < 4.78 is 2.93. The van der Waals surface area contributed by atoms with E-state index < -0.39 is 0 Å². The maximum absolute atomic E-state index is 2.66. The molecular weight excluding hydrogens is 408 g/mol. The normalized spacial score (nSPS) is 42.5. The average Bonchev–Trinajstić information content (AvgIpc) is 2.55. The topological polar surface area (TPSA) is 6.48 Å². The number of quaternary nitrogens is 2. The first kappa shape index (κ1) is 19.1. The monoisotopic (exact) mass is 438 g/mol. The molecule has 0 saturated carbocycles. The number of rotatable bonds is 5. The Hall–Kier alpha value is 0.800. The van der Waals surface area contributed by atoms with Crippen molar-refractivity contribution in [1.29, 1.82) is 0 Å². The molecule has 0 aromatic rings. The lowest BCUT2D eigenvalue weighted by atomic mass is 10.1. The van der Waals surface area contributed by atoms with Crippen LogP contribution in [0.2, 0.25) is 0 Å². The fourth-order valence-electron chi connectivity index (χ4n) is 5.03. The first-order valence-corrected chi connectivity index (χ1v) is 8.93. The summed E-state index contributed by atoms with van der Waals surface area (Å²) in [6, 6.07) is 0. The van der Waals surface area contributed by atoms with Crippen LogP contribution < -0.4 is 34.0 Å². The van der Waals surface area contributed by atoms with E-state index in [1.54, 1.807) is 0 Å². The maximum Gasteiger partial charge on any atom is 0.0916 e. The quantitative estimate of drug-likeness (QED) is 0.311. The molecule has 6 saturated heterocycles. The van der Waals surface area contributed by atoms with Gasteiger partial charge in [-0.3, -0.25) is 9.80 Å². The molecule has 0 N–H and O–H groups in total. The molecule has 0 aliphatic carbocycles. The van der Waals surface area contributed by atoms with Gasteiger partial charge < -0.3 is 42.9 Å². The Morgan fingerprint density at radius 3 is 1.05 bits per heavy atom. The van der Waals surface area contributed by atoms with Crippen LogP contribution in [-0.2, 0) is 0 Å². The highest BCUT2D eigenvalue weighted by Crippen LogP contribution is 2.23. The summed E-state index contributed by atoms with van der Waals surface area (Å²) in [4.78, 5) is 5.32. The minimum Gasteiger partial charge on any atom is -1.00 e. The highest BCUT2D eigenvalue weighted by atomic mass is 79.9. The Morgan fingerprint density at radius 2 is 0.773 bits per heavy atom. The number of hydrogen-bond donors (Lipinski definition) is 0. The first-order valence-electron chi connectivity index (χ1n) is 8.93. The third kappa shape index (κ3) is 3.89. The van der Waals surface area contributed by atoms with Crippen molar-refractivity contribution in [2.75, 3.05) is 91.6 Å².